The number of rotatable bonds is 3. The lowest BCUT2D eigenvalue weighted by Gasteiger charge is -2.14. The number of nitrogen functional groups attached to an aromatic ring is 1. The topological polar surface area (TPSA) is 63.3 Å². The maximum absolute atomic E-state index is 12.4. The van der Waals surface area contributed by atoms with Crippen LogP contribution in [0.15, 0.2) is 36.4 Å². The van der Waals surface area contributed by atoms with E-state index in [0.717, 1.165) is 10.7 Å². The monoisotopic (exact) mass is 605 g/mol. The van der Waals surface area contributed by atoms with Crippen molar-refractivity contribution in [3.05, 3.63) is 58.2 Å². The van der Waals surface area contributed by atoms with Crippen LogP contribution in [0.2, 0.25) is 0 Å². The summed E-state index contributed by atoms with van der Waals surface area (Å²) in [4.78, 5) is 12.4. The Morgan fingerprint density at radius 2 is 1.70 bits per heavy atom. The molecule has 2 aromatic rings. The average molecular weight is 605 g/mol. The third kappa shape index (κ3) is 3.28. The van der Waals surface area contributed by atoms with E-state index >= 15 is 0 Å². The van der Waals surface area contributed by atoms with Crippen molar-refractivity contribution in [3.63, 3.8) is 0 Å². The van der Waals surface area contributed by atoms with Gasteiger partial charge in [-0.05, 0) is 79.4 Å². The molecule has 0 saturated carbocycles. The number of carbonyl (C=O) groups is 1. The Morgan fingerprint density at radius 1 is 1.10 bits per heavy atom. The van der Waals surface area contributed by atoms with Crippen molar-refractivity contribution >= 4 is 79.2 Å². The molecule has 20 heavy (non-hydrogen) atoms. The second kappa shape index (κ2) is 6.88. The Labute approximate surface area is 157 Å². The van der Waals surface area contributed by atoms with Crippen molar-refractivity contribution in [2.45, 2.75) is 6.10 Å². The molecule has 2 rings (SSSR count). The first-order valence-corrected chi connectivity index (χ1v) is 8.87. The zero-order valence-corrected chi connectivity index (χ0v) is 16.6. The molecule has 0 aliphatic heterocycles. The molecule has 3 N–H and O–H groups in total. The number of aliphatic hydroxyl groups is 1. The Bertz CT molecular complexity index is 659. The molecular formula is C14H10I3NO2. The highest BCUT2D eigenvalue weighted by atomic mass is 127. The highest BCUT2D eigenvalue weighted by molar-refractivity contribution is 14.1. The molecule has 0 aliphatic rings. The van der Waals surface area contributed by atoms with Gasteiger partial charge in [-0.3, -0.25) is 4.79 Å². The highest BCUT2D eigenvalue weighted by Crippen LogP contribution is 2.32. The van der Waals surface area contributed by atoms with Gasteiger partial charge < -0.3 is 10.8 Å². The smallest absolute Gasteiger partial charge is 0.197 e. The van der Waals surface area contributed by atoms with Crippen LogP contribution >= 0.6 is 67.8 Å². The van der Waals surface area contributed by atoms with Crippen molar-refractivity contribution in [2.75, 3.05) is 5.73 Å². The molecule has 2 aromatic carbocycles. The number of ketones is 1. The number of anilines is 1. The van der Waals surface area contributed by atoms with E-state index in [4.69, 9.17) is 5.73 Å². The van der Waals surface area contributed by atoms with Crippen LogP contribution in [0.1, 0.15) is 22.0 Å². The summed E-state index contributed by atoms with van der Waals surface area (Å²) in [7, 11) is 0. The van der Waals surface area contributed by atoms with Gasteiger partial charge in [-0.2, -0.15) is 0 Å². The van der Waals surface area contributed by atoms with Gasteiger partial charge in [0, 0.05) is 12.7 Å². The Kier molecular flexibility index (Phi) is 5.65. The zero-order chi connectivity index (χ0) is 14.9. The van der Waals surface area contributed by atoms with E-state index in [2.05, 4.69) is 67.8 Å². The first-order valence-electron chi connectivity index (χ1n) is 5.63. The van der Waals surface area contributed by atoms with E-state index in [0.29, 0.717) is 16.8 Å². The van der Waals surface area contributed by atoms with Crippen LogP contribution in [-0.2, 0) is 0 Å². The van der Waals surface area contributed by atoms with Crippen LogP contribution < -0.4 is 5.73 Å². The SMILES string of the molecule is Nc1c(C(=O)C(O)c2ccccc2)cc(I)c(I)c1I. The molecule has 0 saturated heterocycles. The van der Waals surface area contributed by atoms with Gasteiger partial charge in [0.15, 0.2) is 5.78 Å². The van der Waals surface area contributed by atoms with Gasteiger partial charge in [0.1, 0.15) is 6.10 Å². The van der Waals surface area contributed by atoms with Crippen molar-refractivity contribution in [1.82, 2.24) is 0 Å². The van der Waals surface area contributed by atoms with Crippen LogP contribution in [0, 0.1) is 10.7 Å². The third-order valence-electron chi connectivity index (χ3n) is 2.83. The minimum atomic E-state index is -1.19. The zero-order valence-electron chi connectivity index (χ0n) is 10.1. The molecule has 0 aromatic heterocycles. The molecule has 3 nitrogen and oxygen atoms in total. The van der Waals surface area contributed by atoms with Gasteiger partial charge in [-0.15, -0.1) is 0 Å². The predicted molar refractivity (Wildman–Crippen MR) is 105 cm³/mol. The molecule has 0 aliphatic carbocycles. The van der Waals surface area contributed by atoms with Crippen molar-refractivity contribution in [1.29, 1.82) is 0 Å². The lowest BCUT2D eigenvalue weighted by Crippen LogP contribution is -2.15. The molecule has 0 radical (unpaired) electrons. The lowest BCUT2D eigenvalue weighted by atomic mass is 9.99. The van der Waals surface area contributed by atoms with Gasteiger partial charge in [-0.1, -0.05) is 30.3 Å². The van der Waals surface area contributed by atoms with Crippen LogP contribution in [0.4, 0.5) is 5.69 Å². The Hall–Kier alpha value is 0.0600. The number of carbonyl (C=O) groups excluding carboxylic acids is 1. The van der Waals surface area contributed by atoms with Crippen molar-refractivity contribution < 1.29 is 9.90 Å². The number of Topliss-reactive ketones (excluding diaryl/α,β-unsaturated/α-hetero) is 1. The molecule has 0 heterocycles. The van der Waals surface area contributed by atoms with Gasteiger partial charge in [0.05, 0.1) is 9.26 Å². The van der Waals surface area contributed by atoms with Gasteiger partial charge in [0.2, 0.25) is 0 Å². The number of hydrogen-bond donors (Lipinski definition) is 2. The number of hydrogen-bond acceptors (Lipinski definition) is 3. The fourth-order valence-corrected chi connectivity index (χ4v) is 3.87. The largest absolute Gasteiger partial charge is 0.397 e. The minimum Gasteiger partial charge on any atom is -0.397 e. The van der Waals surface area contributed by atoms with Crippen molar-refractivity contribution in [2.24, 2.45) is 0 Å². The number of nitrogens with two attached hydrogens (primary N) is 1. The lowest BCUT2D eigenvalue weighted by molar-refractivity contribution is 0.0748. The van der Waals surface area contributed by atoms with E-state index in [1.165, 1.54) is 0 Å². The fraction of sp³-hybridized carbons (Fsp3) is 0.0714. The maximum atomic E-state index is 12.4. The fourth-order valence-electron chi connectivity index (χ4n) is 1.75. The maximum Gasteiger partial charge on any atom is 0.197 e. The second-order valence-electron chi connectivity index (χ2n) is 4.13. The normalized spacial score (nSPS) is 12.2. The van der Waals surface area contributed by atoms with Crippen molar-refractivity contribution in [3.8, 4) is 0 Å². The molecule has 0 amide bonds. The molecule has 104 valence electrons. The molecule has 1 unspecified atom stereocenters. The number of aliphatic hydroxyl groups excluding tert-OH is 1. The summed E-state index contributed by atoms with van der Waals surface area (Å²) in [6.07, 6.45) is -1.19. The third-order valence-corrected chi connectivity index (χ3v) is 7.99. The summed E-state index contributed by atoms with van der Waals surface area (Å²) in [6, 6.07) is 10.6. The summed E-state index contributed by atoms with van der Waals surface area (Å²) in [5.74, 6) is -0.374. The van der Waals surface area contributed by atoms with E-state index in [1.54, 1.807) is 30.3 Å². The van der Waals surface area contributed by atoms with Crippen LogP contribution in [0.5, 0.6) is 0 Å². The Balaban J connectivity index is 2.45. The molecular weight excluding hydrogens is 595 g/mol. The summed E-state index contributed by atoms with van der Waals surface area (Å²) in [6.45, 7) is 0. The van der Waals surface area contributed by atoms with Crippen LogP contribution in [0.25, 0.3) is 0 Å². The van der Waals surface area contributed by atoms with E-state index in [-0.39, 0.29) is 5.78 Å². The quantitative estimate of drug-likeness (QED) is 0.241. The highest BCUT2D eigenvalue weighted by Gasteiger charge is 2.23. The molecule has 0 bridgehead atoms. The predicted octanol–water partition coefficient (Wildman–Crippen LogP) is 4.00. The van der Waals surface area contributed by atoms with E-state index in [1.807, 2.05) is 6.07 Å². The molecule has 0 spiro atoms. The first-order chi connectivity index (χ1) is 9.43. The van der Waals surface area contributed by atoms with Crippen LogP contribution in [-0.4, -0.2) is 10.9 Å². The number of benzene rings is 2. The number of halogens is 3. The molecule has 6 heteroatoms. The van der Waals surface area contributed by atoms with Gasteiger partial charge in [-0.25, -0.2) is 0 Å². The second-order valence-corrected chi connectivity index (χ2v) is 7.44. The standard InChI is InChI=1S/C14H10I3NO2/c15-9-6-8(12(18)11(17)10(9)16)14(20)13(19)7-4-2-1-3-5-7/h1-6,13,19H,18H2. The van der Waals surface area contributed by atoms with Crippen LogP contribution in [0.3, 0.4) is 0 Å². The first kappa shape index (κ1) is 16.4. The summed E-state index contributed by atoms with van der Waals surface area (Å²) in [5.41, 5.74) is 7.39. The van der Waals surface area contributed by atoms with Gasteiger partial charge >= 0.3 is 0 Å². The van der Waals surface area contributed by atoms with E-state index in [9.17, 15) is 9.90 Å². The molecule has 1 atom stereocenters. The Morgan fingerprint density at radius 3 is 2.30 bits per heavy atom. The van der Waals surface area contributed by atoms with Gasteiger partial charge in [0.25, 0.3) is 0 Å². The summed E-state index contributed by atoms with van der Waals surface area (Å²) < 4.78 is 2.82. The molecule has 0 fully saturated rings. The van der Waals surface area contributed by atoms with E-state index < -0.39 is 6.10 Å². The summed E-state index contributed by atoms with van der Waals surface area (Å²) in [5, 5.41) is 10.2. The minimum absolute atomic E-state index is 0.371. The summed E-state index contributed by atoms with van der Waals surface area (Å²) >= 11 is 6.48. The average Bonchev–Trinajstić information content (AvgIpc) is 2.48.